The van der Waals surface area contributed by atoms with Crippen molar-refractivity contribution in [2.45, 2.75) is 58.0 Å². The first-order chi connectivity index (χ1) is 9.72. The van der Waals surface area contributed by atoms with Crippen LogP contribution in [0.3, 0.4) is 0 Å². The van der Waals surface area contributed by atoms with E-state index in [2.05, 4.69) is 35.5 Å². The Bertz CT molecular complexity index is 357. The molecule has 0 aromatic rings. The van der Waals surface area contributed by atoms with Gasteiger partial charge >= 0.3 is 0 Å². The van der Waals surface area contributed by atoms with Crippen LogP contribution in [0.2, 0.25) is 0 Å². The van der Waals surface area contributed by atoms with Crippen LogP contribution in [0, 0.1) is 0 Å². The largest absolute Gasteiger partial charge is 0.373 e. The molecule has 0 amide bonds. The van der Waals surface area contributed by atoms with Gasteiger partial charge in [-0.25, -0.2) is 0 Å². The minimum absolute atomic E-state index is 0.0592. The summed E-state index contributed by atoms with van der Waals surface area (Å²) in [5, 5.41) is 6.74. The van der Waals surface area contributed by atoms with Gasteiger partial charge in [0.05, 0.1) is 12.1 Å². The van der Waals surface area contributed by atoms with E-state index in [0.29, 0.717) is 0 Å². The van der Waals surface area contributed by atoms with Gasteiger partial charge in [-0.1, -0.05) is 11.6 Å². The van der Waals surface area contributed by atoms with E-state index in [0.717, 1.165) is 51.5 Å². The molecule has 4 heteroatoms. The fourth-order valence-corrected chi connectivity index (χ4v) is 2.86. The van der Waals surface area contributed by atoms with Crippen molar-refractivity contribution in [1.82, 2.24) is 10.6 Å². The normalized spacial score (nSPS) is 26.7. The number of rotatable bonds is 6. The summed E-state index contributed by atoms with van der Waals surface area (Å²) in [4.78, 5) is 4.68. The zero-order valence-electron chi connectivity index (χ0n) is 13.0. The van der Waals surface area contributed by atoms with Crippen LogP contribution >= 0.6 is 0 Å². The van der Waals surface area contributed by atoms with Gasteiger partial charge in [-0.2, -0.15) is 0 Å². The summed E-state index contributed by atoms with van der Waals surface area (Å²) in [7, 11) is 0. The Morgan fingerprint density at radius 2 is 2.30 bits per heavy atom. The molecule has 4 nitrogen and oxygen atoms in total. The lowest BCUT2D eigenvalue weighted by Gasteiger charge is -2.21. The fraction of sp³-hybridized carbons (Fsp3) is 0.812. The number of nitrogens with one attached hydrogen (secondary N) is 2. The molecule has 1 atom stereocenters. The van der Waals surface area contributed by atoms with Crippen molar-refractivity contribution >= 4 is 5.96 Å². The topological polar surface area (TPSA) is 45.7 Å². The zero-order chi connectivity index (χ0) is 14.3. The van der Waals surface area contributed by atoms with Crippen molar-refractivity contribution in [3.05, 3.63) is 11.6 Å². The second-order valence-electron chi connectivity index (χ2n) is 6.03. The number of allylic oxidation sites excluding steroid dienone is 1. The standard InChI is InChI=1S/C16H29N3O/c1-3-17-15(18-11-9-14-7-4-5-8-14)19-13-16(2)10-6-12-20-16/h7H,3-6,8-13H2,1-2H3,(H2,17,18,19). The van der Waals surface area contributed by atoms with Gasteiger partial charge in [-0.05, 0) is 52.4 Å². The van der Waals surface area contributed by atoms with Crippen LogP contribution in [0.25, 0.3) is 0 Å². The van der Waals surface area contributed by atoms with Gasteiger partial charge in [0.15, 0.2) is 5.96 Å². The second-order valence-corrected chi connectivity index (χ2v) is 6.03. The molecule has 0 spiro atoms. The maximum Gasteiger partial charge on any atom is 0.191 e. The van der Waals surface area contributed by atoms with Gasteiger partial charge in [0.25, 0.3) is 0 Å². The van der Waals surface area contributed by atoms with Crippen LogP contribution in [-0.2, 0) is 4.74 Å². The quantitative estimate of drug-likeness (QED) is 0.446. The maximum absolute atomic E-state index is 5.78. The highest BCUT2D eigenvalue weighted by Crippen LogP contribution is 2.25. The van der Waals surface area contributed by atoms with E-state index >= 15 is 0 Å². The first-order valence-electron chi connectivity index (χ1n) is 8.06. The molecular weight excluding hydrogens is 250 g/mol. The first-order valence-corrected chi connectivity index (χ1v) is 8.06. The predicted octanol–water partition coefficient (Wildman–Crippen LogP) is 2.61. The minimum Gasteiger partial charge on any atom is -0.373 e. The Kier molecular flexibility index (Phi) is 5.89. The van der Waals surface area contributed by atoms with Crippen LogP contribution in [0.5, 0.6) is 0 Å². The molecule has 114 valence electrons. The number of guanidine groups is 1. The number of hydrogen-bond donors (Lipinski definition) is 2. The van der Waals surface area contributed by atoms with Crippen LogP contribution in [0.1, 0.15) is 52.4 Å². The van der Waals surface area contributed by atoms with Crippen molar-refractivity contribution in [3.8, 4) is 0 Å². The molecule has 0 bridgehead atoms. The van der Waals surface area contributed by atoms with Gasteiger partial charge in [0.2, 0.25) is 0 Å². The van der Waals surface area contributed by atoms with E-state index < -0.39 is 0 Å². The molecule has 0 aromatic heterocycles. The summed E-state index contributed by atoms with van der Waals surface area (Å²) < 4.78 is 5.78. The molecule has 0 aromatic carbocycles. The van der Waals surface area contributed by atoms with Crippen LogP contribution in [0.15, 0.2) is 16.6 Å². The molecule has 0 saturated carbocycles. The Morgan fingerprint density at radius 1 is 1.40 bits per heavy atom. The molecule has 2 N–H and O–H groups in total. The summed E-state index contributed by atoms with van der Waals surface area (Å²) in [5.74, 6) is 0.919. The van der Waals surface area contributed by atoms with Gasteiger partial charge in [-0.15, -0.1) is 0 Å². The summed E-state index contributed by atoms with van der Waals surface area (Å²) in [6, 6.07) is 0. The van der Waals surface area contributed by atoms with Crippen molar-refractivity contribution in [2.75, 3.05) is 26.2 Å². The third-order valence-electron chi connectivity index (χ3n) is 4.09. The predicted molar refractivity (Wildman–Crippen MR) is 84.1 cm³/mol. The van der Waals surface area contributed by atoms with E-state index in [1.54, 1.807) is 5.57 Å². The summed E-state index contributed by atoms with van der Waals surface area (Å²) in [6.45, 7) is 7.75. The second kappa shape index (κ2) is 7.67. The summed E-state index contributed by atoms with van der Waals surface area (Å²) in [5.41, 5.74) is 1.54. The van der Waals surface area contributed by atoms with Crippen molar-refractivity contribution < 1.29 is 4.74 Å². The molecule has 2 rings (SSSR count). The Balaban J connectivity index is 1.76. The van der Waals surface area contributed by atoms with E-state index in [-0.39, 0.29) is 5.60 Å². The first kappa shape index (κ1) is 15.4. The average Bonchev–Trinajstić information content (AvgIpc) is 3.08. The summed E-state index contributed by atoms with van der Waals surface area (Å²) in [6.07, 6.45) is 9.67. The van der Waals surface area contributed by atoms with Gasteiger partial charge in [0, 0.05) is 19.7 Å². The monoisotopic (exact) mass is 279 g/mol. The highest BCUT2D eigenvalue weighted by atomic mass is 16.5. The molecule has 0 radical (unpaired) electrons. The molecule has 1 saturated heterocycles. The third-order valence-corrected chi connectivity index (χ3v) is 4.09. The van der Waals surface area contributed by atoms with Crippen LogP contribution in [0.4, 0.5) is 0 Å². The number of ether oxygens (including phenoxy) is 1. The van der Waals surface area contributed by atoms with Crippen LogP contribution < -0.4 is 10.6 Å². The summed E-state index contributed by atoms with van der Waals surface area (Å²) >= 11 is 0. The molecule has 1 fully saturated rings. The van der Waals surface area contributed by atoms with E-state index in [9.17, 15) is 0 Å². The van der Waals surface area contributed by atoms with Gasteiger partial charge < -0.3 is 15.4 Å². The lowest BCUT2D eigenvalue weighted by Crippen LogP contribution is -2.39. The van der Waals surface area contributed by atoms with Gasteiger partial charge in [0.1, 0.15) is 0 Å². The molecule has 20 heavy (non-hydrogen) atoms. The van der Waals surface area contributed by atoms with Crippen molar-refractivity contribution in [1.29, 1.82) is 0 Å². The SMILES string of the molecule is CCNC(=NCC1(C)CCCO1)NCCC1=CCCC1. The van der Waals surface area contributed by atoms with Gasteiger partial charge in [-0.3, -0.25) is 4.99 Å². The molecule has 1 aliphatic carbocycles. The average molecular weight is 279 g/mol. The van der Waals surface area contributed by atoms with Crippen LogP contribution in [-0.4, -0.2) is 37.8 Å². The zero-order valence-corrected chi connectivity index (χ0v) is 13.0. The lowest BCUT2D eigenvalue weighted by atomic mass is 10.0. The third kappa shape index (κ3) is 4.82. The van der Waals surface area contributed by atoms with Crippen molar-refractivity contribution in [3.63, 3.8) is 0 Å². The van der Waals surface area contributed by atoms with E-state index in [1.807, 2.05) is 0 Å². The Labute approximate surface area is 123 Å². The maximum atomic E-state index is 5.78. The van der Waals surface area contributed by atoms with Crippen molar-refractivity contribution in [2.24, 2.45) is 4.99 Å². The Hall–Kier alpha value is -1.03. The molecular formula is C16H29N3O. The smallest absolute Gasteiger partial charge is 0.191 e. The molecule has 2 aliphatic rings. The number of aliphatic imine (C=N–C) groups is 1. The molecule has 1 heterocycles. The molecule has 1 aliphatic heterocycles. The number of nitrogens with zero attached hydrogens (tertiary/aromatic N) is 1. The fourth-order valence-electron chi connectivity index (χ4n) is 2.86. The lowest BCUT2D eigenvalue weighted by molar-refractivity contribution is 0.0283. The highest BCUT2D eigenvalue weighted by Gasteiger charge is 2.29. The molecule has 1 unspecified atom stereocenters. The van der Waals surface area contributed by atoms with E-state index in [4.69, 9.17) is 4.74 Å². The van der Waals surface area contributed by atoms with E-state index in [1.165, 1.54) is 19.3 Å². The minimum atomic E-state index is -0.0592. The highest BCUT2D eigenvalue weighted by molar-refractivity contribution is 5.79. The number of hydrogen-bond acceptors (Lipinski definition) is 2. The Morgan fingerprint density at radius 3 is 2.95 bits per heavy atom.